The molecule has 1 aliphatic rings. The van der Waals surface area contributed by atoms with Crippen molar-refractivity contribution in [1.82, 2.24) is 25.1 Å². The SMILES string of the molecule is COc1ccc2[nH]nc(-c3cc(N4CCN(C(C)=O)CC4)ncn3)c2c1. The zero-order chi connectivity index (χ0) is 18.1. The summed E-state index contributed by atoms with van der Waals surface area (Å²) in [5, 5.41) is 8.41. The molecule has 0 radical (unpaired) electrons. The summed E-state index contributed by atoms with van der Waals surface area (Å²) < 4.78 is 5.32. The van der Waals surface area contributed by atoms with E-state index in [0.717, 1.165) is 46.9 Å². The highest BCUT2D eigenvalue weighted by Gasteiger charge is 2.20. The number of ether oxygens (including phenoxy) is 1. The number of fused-ring (bicyclic) bond motifs is 1. The van der Waals surface area contributed by atoms with Crippen LogP contribution in [0.3, 0.4) is 0 Å². The number of nitrogens with zero attached hydrogens (tertiary/aromatic N) is 5. The number of piperazine rings is 1. The summed E-state index contributed by atoms with van der Waals surface area (Å²) in [6.07, 6.45) is 1.56. The number of hydrogen-bond acceptors (Lipinski definition) is 6. The Kier molecular flexibility index (Phi) is 4.16. The first-order valence-electron chi connectivity index (χ1n) is 8.50. The average Bonchev–Trinajstić information content (AvgIpc) is 3.11. The molecule has 0 unspecified atom stereocenters. The summed E-state index contributed by atoms with van der Waals surface area (Å²) in [5.41, 5.74) is 2.45. The van der Waals surface area contributed by atoms with E-state index in [2.05, 4.69) is 25.1 Å². The van der Waals surface area contributed by atoms with Gasteiger partial charge < -0.3 is 14.5 Å². The maximum atomic E-state index is 11.5. The predicted octanol–water partition coefficient (Wildman–Crippen LogP) is 1.70. The van der Waals surface area contributed by atoms with Crippen molar-refractivity contribution in [3.05, 3.63) is 30.6 Å². The van der Waals surface area contributed by atoms with Gasteiger partial charge in [-0.1, -0.05) is 0 Å². The first-order valence-corrected chi connectivity index (χ1v) is 8.50. The van der Waals surface area contributed by atoms with Gasteiger partial charge in [0.05, 0.1) is 18.3 Å². The molecule has 4 rings (SSSR count). The van der Waals surface area contributed by atoms with E-state index in [9.17, 15) is 4.79 Å². The zero-order valence-corrected chi connectivity index (χ0v) is 14.8. The lowest BCUT2D eigenvalue weighted by Gasteiger charge is -2.34. The number of hydrogen-bond donors (Lipinski definition) is 1. The van der Waals surface area contributed by atoms with Crippen LogP contribution in [0, 0.1) is 0 Å². The van der Waals surface area contributed by atoms with E-state index < -0.39 is 0 Å². The molecule has 1 fully saturated rings. The molecule has 1 aliphatic heterocycles. The third kappa shape index (κ3) is 2.94. The number of rotatable bonds is 3. The van der Waals surface area contributed by atoms with E-state index >= 15 is 0 Å². The molecule has 0 aliphatic carbocycles. The van der Waals surface area contributed by atoms with E-state index in [-0.39, 0.29) is 5.91 Å². The molecule has 1 N–H and O–H groups in total. The molecule has 0 atom stereocenters. The molecule has 3 aromatic rings. The maximum Gasteiger partial charge on any atom is 0.219 e. The minimum atomic E-state index is 0.116. The van der Waals surface area contributed by atoms with Gasteiger partial charge in [-0.2, -0.15) is 5.10 Å². The minimum absolute atomic E-state index is 0.116. The molecule has 0 saturated carbocycles. The number of nitrogens with one attached hydrogen (secondary N) is 1. The zero-order valence-electron chi connectivity index (χ0n) is 14.8. The van der Waals surface area contributed by atoms with Gasteiger partial charge >= 0.3 is 0 Å². The largest absolute Gasteiger partial charge is 0.497 e. The lowest BCUT2D eigenvalue weighted by Crippen LogP contribution is -2.48. The molecule has 0 bridgehead atoms. The minimum Gasteiger partial charge on any atom is -0.497 e. The van der Waals surface area contributed by atoms with Crippen LogP contribution in [0.1, 0.15) is 6.92 Å². The first-order chi connectivity index (χ1) is 12.7. The first kappa shape index (κ1) is 16.3. The Bertz CT molecular complexity index is 946. The van der Waals surface area contributed by atoms with Crippen LogP contribution in [0.2, 0.25) is 0 Å². The van der Waals surface area contributed by atoms with Crippen molar-refractivity contribution >= 4 is 22.6 Å². The number of methoxy groups -OCH3 is 1. The number of aromatic amines is 1. The molecule has 8 nitrogen and oxygen atoms in total. The van der Waals surface area contributed by atoms with Gasteiger partial charge in [-0.25, -0.2) is 9.97 Å². The van der Waals surface area contributed by atoms with Crippen molar-refractivity contribution in [2.75, 3.05) is 38.2 Å². The second kappa shape index (κ2) is 6.62. The number of anilines is 1. The second-order valence-electron chi connectivity index (χ2n) is 6.24. The van der Waals surface area contributed by atoms with Gasteiger partial charge in [0.1, 0.15) is 23.6 Å². The summed E-state index contributed by atoms with van der Waals surface area (Å²) in [5.74, 6) is 1.73. The van der Waals surface area contributed by atoms with Crippen LogP contribution in [0.4, 0.5) is 5.82 Å². The number of amides is 1. The van der Waals surface area contributed by atoms with E-state index in [1.807, 2.05) is 29.2 Å². The van der Waals surface area contributed by atoms with Crippen LogP contribution in [-0.4, -0.2) is 64.3 Å². The monoisotopic (exact) mass is 352 g/mol. The fourth-order valence-electron chi connectivity index (χ4n) is 3.22. The van der Waals surface area contributed by atoms with E-state index in [1.54, 1.807) is 20.4 Å². The van der Waals surface area contributed by atoms with E-state index in [4.69, 9.17) is 4.74 Å². The summed E-state index contributed by atoms with van der Waals surface area (Å²) in [4.78, 5) is 24.3. The molecule has 8 heteroatoms. The predicted molar refractivity (Wildman–Crippen MR) is 98.1 cm³/mol. The standard InChI is InChI=1S/C18H20N6O2/c1-12(25)23-5-7-24(8-6-23)17-10-16(19-11-20-17)18-14-9-13(26-2)3-4-15(14)21-22-18/h3-4,9-11H,5-8H2,1-2H3,(H,21,22). The molecule has 3 heterocycles. The highest BCUT2D eigenvalue weighted by molar-refractivity contribution is 5.93. The third-order valence-corrected chi connectivity index (χ3v) is 4.71. The molecular formula is C18H20N6O2. The smallest absolute Gasteiger partial charge is 0.219 e. The molecule has 2 aromatic heterocycles. The average molecular weight is 352 g/mol. The number of carbonyl (C=O) groups is 1. The summed E-state index contributed by atoms with van der Waals surface area (Å²) in [6.45, 7) is 4.53. The van der Waals surface area contributed by atoms with Crippen molar-refractivity contribution in [2.24, 2.45) is 0 Å². The maximum absolute atomic E-state index is 11.5. The van der Waals surface area contributed by atoms with Gasteiger partial charge in [0, 0.05) is 44.6 Å². The van der Waals surface area contributed by atoms with E-state index in [0.29, 0.717) is 13.1 Å². The number of aromatic nitrogens is 4. The van der Waals surface area contributed by atoms with Crippen molar-refractivity contribution in [3.8, 4) is 17.1 Å². The van der Waals surface area contributed by atoms with Crippen molar-refractivity contribution < 1.29 is 9.53 Å². The highest BCUT2D eigenvalue weighted by atomic mass is 16.5. The summed E-state index contributed by atoms with van der Waals surface area (Å²) in [7, 11) is 1.64. The fourth-order valence-corrected chi connectivity index (χ4v) is 3.22. The Hall–Kier alpha value is -3.16. The Morgan fingerprint density at radius 1 is 1.15 bits per heavy atom. The molecule has 0 spiro atoms. The van der Waals surface area contributed by atoms with Crippen molar-refractivity contribution in [3.63, 3.8) is 0 Å². The molecule has 1 saturated heterocycles. The van der Waals surface area contributed by atoms with Crippen molar-refractivity contribution in [1.29, 1.82) is 0 Å². The van der Waals surface area contributed by atoms with Crippen LogP contribution in [0.15, 0.2) is 30.6 Å². The number of carbonyl (C=O) groups excluding carboxylic acids is 1. The normalized spacial score (nSPS) is 14.7. The van der Waals surface area contributed by atoms with Crippen LogP contribution in [-0.2, 0) is 4.79 Å². The Labute approximate surface area is 150 Å². The molecule has 1 aromatic carbocycles. The van der Waals surface area contributed by atoms with Crippen LogP contribution in [0.5, 0.6) is 5.75 Å². The molecule has 1 amide bonds. The van der Waals surface area contributed by atoms with Crippen LogP contribution in [0.25, 0.3) is 22.3 Å². The van der Waals surface area contributed by atoms with Gasteiger partial charge in [-0.05, 0) is 18.2 Å². The molecule has 134 valence electrons. The van der Waals surface area contributed by atoms with Gasteiger partial charge in [0.25, 0.3) is 0 Å². The lowest BCUT2D eigenvalue weighted by atomic mass is 10.1. The van der Waals surface area contributed by atoms with E-state index in [1.165, 1.54) is 0 Å². The van der Waals surface area contributed by atoms with Gasteiger partial charge in [-0.15, -0.1) is 0 Å². The number of benzene rings is 1. The number of H-pyrrole nitrogens is 1. The van der Waals surface area contributed by atoms with Crippen molar-refractivity contribution in [2.45, 2.75) is 6.92 Å². The summed E-state index contributed by atoms with van der Waals surface area (Å²) >= 11 is 0. The van der Waals surface area contributed by atoms with Crippen LogP contribution >= 0.6 is 0 Å². The van der Waals surface area contributed by atoms with Crippen LogP contribution < -0.4 is 9.64 Å². The second-order valence-corrected chi connectivity index (χ2v) is 6.24. The lowest BCUT2D eigenvalue weighted by molar-refractivity contribution is -0.129. The topological polar surface area (TPSA) is 87.2 Å². The highest BCUT2D eigenvalue weighted by Crippen LogP contribution is 2.29. The third-order valence-electron chi connectivity index (χ3n) is 4.71. The van der Waals surface area contributed by atoms with Gasteiger partial charge in [0.15, 0.2) is 0 Å². The van der Waals surface area contributed by atoms with Gasteiger partial charge in [-0.3, -0.25) is 9.89 Å². The fraction of sp³-hybridized carbons (Fsp3) is 0.333. The quantitative estimate of drug-likeness (QED) is 0.772. The molecular weight excluding hydrogens is 332 g/mol. The summed E-state index contributed by atoms with van der Waals surface area (Å²) in [6, 6.07) is 7.72. The Balaban J connectivity index is 1.63. The molecule has 26 heavy (non-hydrogen) atoms. The Morgan fingerprint density at radius 3 is 2.69 bits per heavy atom. The Morgan fingerprint density at radius 2 is 1.96 bits per heavy atom. The van der Waals surface area contributed by atoms with Gasteiger partial charge in [0.2, 0.25) is 5.91 Å².